The lowest BCUT2D eigenvalue weighted by molar-refractivity contribution is -0.141. The quantitative estimate of drug-likeness (QED) is 0.651. The Bertz CT molecular complexity index is 836. The van der Waals surface area contributed by atoms with Gasteiger partial charge < -0.3 is 14.4 Å². The Morgan fingerprint density at radius 1 is 1.15 bits per heavy atom. The second-order valence-electron chi connectivity index (χ2n) is 7.20. The molecule has 146 valence electrons. The SMILES string of the molecule is CC(O)C1(C)OB(c2cc(C(F)(F)F)nn2-c2ccc(F)cc2)OC1(C)C. The first-order valence-electron chi connectivity index (χ1n) is 8.32. The molecular formula is C17H19BF4N2O3. The van der Waals surface area contributed by atoms with Crippen molar-refractivity contribution in [3.8, 4) is 5.69 Å². The molecule has 10 heteroatoms. The number of hydrogen-bond acceptors (Lipinski definition) is 4. The summed E-state index contributed by atoms with van der Waals surface area (Å²) in [5, 5.41) is 13.7. The zero-order chi connectivity index (χ0) is 20.2. The lowest BCUT2D eigenvalue weighted by atomic mass is 9.83. The Morgan fingerprint density at radius 3 is 2.22 bits per heavy atom. The van der Waals surface area contributed by atoms with Crippen molar-refractivity contribution in [2.45, 2.75) is 51.2 Å². The molecule has 0 amide bonds. The van der Waals surface area contributed by atoms with E-state index in [1.165, 1.54) is 19.1 Å². The molecule has 3 rings (SSSR count). The van der Waals surface area contributed by atoms with Crippen molar-refractivity contribution in [2.75, 3.05) is 0 Å². The summed E-state index contributed by atoms with van der Waals surface area (Å²) in [6.45, 7) is 6.51. The Hall–Kier alpha value is -1.91. The van der Waals surface area contributed by atoms with Crippen LogP contribution in [0.4, 0.5) is 17.6 Å². The van der Waals surface area contributed by atoms with Crippen LogP contribution < -0.4 is 5.59 Å². The number of aliphatic hydroxyl groups is 1. The minimum Gasteiger partial charge on any atom is -0.398 e. The van der Waals surface area contributed by atoms with E-state index in [-0.39, 0.29) is 11.3 Å². The number of aliphatic hydroxyl groups excluding tert-OH is 1. The number of aromatic nitrogens is 2. The molecule has 27 heavy (non-hydrogen) atoms. The molecule has 1 fully saturated rings. The highest BCUT2D eigenvalue weighted by molar-refractivity contribution is 6.61. The molecule has 0 spiro atoms. The molecular weight excluding hydrogens is 367 g/mol. The van der Waals surface area contributed by atoms with E-state index < -0.39 is 42.1 Å². The largest absolute Gasteiger partial charge is 0.514 e. The van der Waals surface area contributed by atoms with Crippen molar-refractivity contribution < 1.29 is 32.0 Å². The summed E-state index contributed by atoms with van der Waals surface area (Å²) in [5.41, 5.74) is -3.06. The summed E-state index contributed by atoms with van der Waals surface area (Å²) < 4.78 is 65.6. The van der Waals surface area contributed by atoms with Crippen LogP contribution in [0.3, 0.4) is 0 Å². The van der Waals surface area contributed by atoms with E-state index in [1.54, 1.807) is 20.8 Å². The topological polar surface area (TPSA) is 56.5 Å². The van der Waals surface area contributed by atoms with Gasteiger partial charge in [-0.15, -0.1) is 0 Å². The highest BCUT2D eigenvalue weighted by atomic mass is 19.4. The molecule has 2 heterocycles. The van der Waals surface area contributed by atoms with E-state index in [1.807, 2.05) is 0 Å². The number of alkyl halides is 3. The second-order valence-corrected chi connectivity index (χ2v) is 7.20. The van der Waals surface area contributed by atoms with Gasteiger partial charge in [-0.05, 0) is 58.0 Å². The van der Waals surface area contributed by atoms with Crippen molar-refractivity contribution in [1.82, 2.24) is 9.78 Å². The number of rotatable bonds is 3. The Labute approximate surface area is 154 Å². The molecule has 1 aromatic carbocycles. The molecule has 1 aliphatic heterocycles. The monoisotopic (exact) mass is 386 g/mol. The van der Waals surface area contributed by atoms with Crippen LogP contribution >= 0.6 is 0 Å². The van der Waals surface area contributed by atoms with E-state index >= 15 is 0 Å². The summed E-state index contributed by atoms with van der Waals surface area (Å²) in [5.74, 6) is -0.528. The summed E-state index contributed by atoms with van der Waals surface area (Å²) >= 11 is 0. The lowest BCUT2D eigenvalue weighted by Crippen LogP contribution is -2.52. The van der Waals surface area contributed by atoms with Gasteiger partial charge in [-0.25, -0.2) is 9.07 Å². The van der Waals surface area contributed by atoms with Gasteiger partial charge in [0.1, 0.15) is 11.4 Å². The summed E-state index contributed by atoms with van der Waals surface area (Å²) in [6.07, 6.45) is -5.62. The van der Waals surface area contributed by atoms with Crippen LogP contribution in [0, 0.1) is 5.82 Å². The Kier molecular flexibility index (Phi) is 4.65. The maximum Gasteiger partial charge on any atom is 0.514 e. The number of halogens is 4. The first-order chi connectivity index (χ1) is 12.3. The summed E-state index contributed by atoms with van der Waals surface area (Å²) in [4.78, 5) is 0. The highest BCUT2D eigenvalue weighted by Crippen LogP contribution is 2.40. The summed E-state index contributed by atoms with van der Waals surface area (Å²) in [7, 11) is -1.20. The van der Waals surface area contributed by atoms with Crippen molar-refractivity contribution in [3.05, 3.63) is 41.8 Å². The average Bonchev–Trinajstić information content (AvgIpc) is 3.08. The fourth-order valence-corrected chi connectivity index (χ4v) is 2.99. The fraction of sp³-hybridized carbons (Fsp3) is 0.471. The van der Waals surface area contributed by atoms with Crippen LogP contribution in [0.15, 0.2) is 30.3 Å². The average molecular weight is 386 g/mol. The highest BCUT2D eigenvalue weighted by Gasteiger charge is 2.58. The summed E-state index contributed by atoms with van der Waals surface area (Å²) in [6, 6.07) is 5.68. The van der Waals surface area contributed by atoms with E-state index in [2.05, 4.69) is 5.10 Å². The van der Waals surface area contributed by atoms with E-state index in [4.69, 9.17) is 9.31 Å². The first kappa shape index (κ1) is 19.8. The lowest BCUT2D eigenvalue weighted by Gasteiger charge is -2.38. The number of benzene rings is 1. The molecule has 2 aromatic rings. The zero-order valence-electron chi connectivity index (χ0n) is 15.2. The van der Waals surface area contributed by atoms with Gasteiger partial charge in [0.25, 0.3) is 0 Å². The molecule has 1 saturated heterocycles. The second kappa shape index (κ2) is 6.32. The van der Waals surface area contributed by atoms with Crippen LogP contribution in [-0.2, 0) is 15.5 Å². The third-order valence-electron chi connectivity index (χ3n) is 5.09. The van der Waals surface area contributed by atoms with Crippen LogP contribution in [0.2, 0.25) is 0 Å². The van der Waals surface area contributed by atoms with E-state index in [9.17, 15) is 22.7 Å². The minimum absolute atomic E-state index is 0.00798. The third-order valence-corrected chi connectivity index (χ3v) is 5.09. The van der Waals surface area contributed by atoms with Crippen LogP contribution in [0.1, 0.15) is 33.4 Å². The molecule has 0 bridgehead atoms. The van der Waals surface area contributed by atoms with Gasteiger partial charge in [-0.2, -0.15) is 18.3 Å². The van der Waals surface area contributed by atoms with E-state index in [0.717, 1.165) is 22.9 Å². The molecule has 0 radical (unpaired) electrons. The number of nitrogens with zero attached hydrogens (tertiary/aromatic N) is 2. The molecule has 1 aliphatic rings. The molecule has 1 N–H and O–H groups in total. The Morgan fingerprint density at radius 2 is 1.74 bits per heavy atom. The van der Waals surface area contributed by atoms with Crippen molar-refractivity contribution in [1.29, 1.82) is 0 Å². The molecule has 1 aromatic heterocycles. The van der Waals surface area contributed by atoms with Crippen LogP contribution in [0.25, 0.3) is 5.69 Å². The molecule has 0 saturated carbocycles. The van der Waals surface area contributed by atoms with Gasteiger partial charge in [0, 0.05) is 0 Å². The van der Waals surface area contributed by atoms with Crippen molar-refractivity contribution in [3.63, 3.8) is 0 Å². The first-order valence-corrected chi connectivity index (χ1v) is 8.32. The van der Waals surface area contributed by atoms with Gasteiger partial charge >= 0.3 is 13.3 Å². The molecule has 2 unspecified atom stereocenters. The van der Waals surface area contributed by atoms with Gasteiger partial charge in [0.15, 0.2) is 5.69 Å². The normalized spacial score (nSPS) is 23.7. The van der Waals surface area contributed by atoms with Gasteiger partial charge in [-0.3, -0.25) is 0 Å². The van der Waals surface area contributed by atoms with Crippen LogP contribution in [-0.4, -0.2) is 39.3 Å². The maximum atomic E-state index is 13.2. The molecule has 5 nitrogen and oxygen atoms in total. The minimum atomic E-state index is -4.68. The maximum absolute atomic E-state index is 13.2. The predicted molar refractivity (Wildman–Crippen MR) is 90.2 cm³/mol. The van der Waals surface area contributed by atoms with Gasteiger partial charge in [0.2, 0.25) is 0 Å². The molecule has 0 aliphatic carbocycles. The predicted octanol–water partition coefficient (Wildman–Crippen LogP) is 2.69. The fourth-order valence-electron chi connectivity index (χ4n) is 2.99. The Balaban J connectivity index is 2.10. The van der Waals surface area contributed by atoms with Gasteiger partial charge in [0.05, 0.1) is 23.0 Å². The van der Waals surface area contributed by atoms with Crippen LogP contribution in [0.5, 0.6) is 0 Å². The van der Waals surface area contributed by atoms with Gasteiger partial charge in [-0.1, -0.05) is 0 Å². The van der Waals surface area contributed by atoms with E-state index in [0.29, 0.717) is 0 Å². The number of hydrogen-bond donors (Lipinski definition) is 1. The standard InChI is InChI=1S/C17H19BF4N2O3/c1-10(25)16(4)15(2,3)26-18(27-16)14-9-13(17(20,21)22)23-24(14)12-7-5-11(19)6-8-12/h5-10,25H,1-4H3. The smallest absolute Gasteiger partial charge is 0.398 e. The molecule has 2 atom stereocenters. The van der Waals surface area contributed by atoms with Crippen molar-refractivity contribution in [2.24, 2.45) is 0 Å². The third kappa shape index (κ3) is 3.37. The van der Waals surface area contributed by atoms with Crippen molar-refractivity contribution >= 4 is 12.7 Å². The zero-order valence-corrected chi connectivity index (χ0v) is 15.2.